The maximum absolute atomic E-state index is 10.6. The summed E-state index contributed by atoms with van der Waals surface area (Å²) in [5, 5.41) is 14.9. The summed E-state index contributed by atoms with van der Waals surface area (Å²) in [7, 11) is 0. The molecule has 0 aliphatic carbocycles. The molecule has 10 heteroatoms. The van der Waals surface area contributed by atoms with Gasteiger partial charge in [-0.1, -0.05) is 6.07 Å². The fourth-order valence-corrected chi connectivity index (χ4v) is 1.66. The summed E-state index contributed by atoms with van der Waals surface area (Å²) in [5.41, 5.74) is 8.50. The SMILES string of the molecule is Nc1n[nH]c2cc(-c3ccncn3)ccc12.O=C(O)C(F)(F)F. The molecule has 0 bridgehead atoms. The van der Waals surface area contributed by atoms with Crippen LogP contribution in [-0.2, 0) is 4.79 Å². The van der Waals surface area contributed by atoms with Crippen molar-refractivity contribution in [3.05, 3.63) is 36.8 Å². The summed E-state index contributed by atoms with van der Waals surface area (Å²) in [5.74, 6) is -2.24. The van der Waals surface area contributed by atoms with Crippen LogP contribution >= 0.6 is 0 Å². The Kier molecular flexibility index (Phi) is 4.44. The second kappa shape index (κ2) is 6.30. The Morgan fingerprint density at radius 2 is 1.96 bits per heavy atom. The largest absolute Gasteiger partial charge is 0.490 e. The number of aromatic amines is 1. The molecule has 7 nitrogen and oxygen atoms in total. The lowest BCUT2D eigenvalue weighted by Crippen LogP contribution is -2.21. The average molecular weight is 325 g/mol. The molecule has 0 amide bonds. The predicted molar refractivity (Wildman–Crippen MR) is 75.2 cm³/mol. The molecule has 3 aromatic rings. The normalized spacial score (nSPS) is 10.9. The van der Waals surface area contributed by atoms with E-state index in [2.05, 4.69) is 20.2 Å². The molecule has 23 heavy (non-hydrogen) atoms. The fraction of sp³-hybridized carbons (Fsp3) is 0.0769. The number of aliphatic carboxylic acids is 1. The van der Waals surface area contributed by atoms with Gasteiger partial charge < -0.3 is 10.8 Å². The first kappa shape index (κ1) is 16.2. The van der Waals surface area contributed by atoms with Crippen molar-refractivity contribution in [2.24, 2.45) is 0 Å². The first-order chi connectivity index (χ1) is 10.8. The number of fused-ring (bicyclic) bond motifs is 1. The first-order valence-corrected chi connectivity index (χ1v) is 6.09. The number of halogens is 3. The third-order valence-corrected chi connectivity index (χ3v) is 2.71. The Balaban J connectivity index is 0.000000236. The number of nitrogens with two attached hydrogens (primary N) is 1. The minimum absolute atomic E-state index is 0.518. The van der Waals surface area contributed by atoms with Gasteiger partial charge in [-0.15, -0.1) is 0 Å². The Hall–Kier alpha value is -3.17. The summed E-state index contributed by atoms with van der Waals surface area (Å²) in [4.78, 5) is 17.0. The number of hydrogen-bond acceptors (Lipinski definition) is 5. The maximum atomic E-state index is 10.6. The Morgan fingerprint density at radius 1 is 1.26 bits per heavy atom. The van der Waals surface area contributed by atoms with E-state index in [1.54, 1.807) is 6.20 Å². The van der Waals surface area contributed by atoms with Crippen molar-refractivity contribution < 1.29 is 23.1 Å². The van der Waals surface area contributed by atoms with E-state index in [0.717, 1.165) is 22.2 Å². The summed E-state index contributed by atoms with van der Waals surface area (Å²) < 4.78 is 31.7. The van der Waals surface area contributed by atoms with Crippen LogP contribution in [0.15, 0.2) is 36.8 Å². The van der Waals surface area contributed by atoms with E-state index in [1.165, 1.54) is 6.33 Å². The number of carboxylic acid groups (broad SMARTS) is 1. The molecule has 0 saturated carbocycles. The van der Waals surface area contributed by atoms with Crippen molar-refractivity contribution in [3.8, 4) is 11.3 Å². The molecular formula is C13H10F3N5O2. The van der Waals surface area contributed by atoms with E-state index in [9.17, 15) is 13.2 Å². The van der Waals surface area contributed by atoms with Gasteiger partial charge in [-0.25, -0.2) is 14.8 Å². The molecule has 2 aromatic heterocycles. The standard InChI is InChI=1S/C11H9N5.C2HF3O2/c12-11-8-2-1-7(5-10(8)15-16-11)9-3-4-13-6-14-9;3-2(4,5)1(6)7/h1-6H,(H3,12,15,16);(H,6,7). The van der Waals surface area contributed by atoms with Crippen LogP contribution in [0.2, 0.25) is 0 Å². The number of hydrogen-bond donors (Lipinski definition) is 3. The third-order valence-electron chi connectivity index (χ3n) is 2.71. The van der Waals surface area contributed by atoms with Crippen molar-refractivity contribution in [1.29, 1.82) is 0 Å². The topological polar surface area (TPSA) is 118 Å². The zero-order valence-corrected chi connectivity index (χ0v) is 11.4. The van der Waals surface area contributed by atoms with E-state index in [-0.39, 0.29) is 0 Å². The monoisotopic (exact) mass is 325 g/mol. The number of alkyl halides is 3. The van der Waals surface area contributed by atoms with Gasteiger partial charge in [0.25, 0.3) is 0 Å². The molecule has 0 aliphatic rings. The van der Waals surface area contributed by atoms with Gasteiger partial charge in [0.15, 0.2) is 5.82 Å². The number of nitrogens with one attached hydrogen (secondary N) is 1. The van der Waals surface area contributed by atoms with Crippen LogP contribution < -0.4 is 5.73 Å². The fourth-order valence-electron chi connectivity index (χ4n) is 1.66. The number of aromatic nitrogens is 4. The Bertz CT molecular complexity index is 817. The van der Waals surface area contributed by atoms with Crippen molar-refractivity contribution in [1.82, 2.24) is 20.2 Å². The van der Waals surface area contributed by atoms with Gasteiger partial charge in [0.1, 0.15) is 6.33 Å². The van der Waals surface area contributed by atoms with Gasteiger partial charge in [-0.3, -0.25) is 5.10 Å². The lowest BCUT2D eigenvalue weighted by atomic mass is 10.1. The van der Waals surface area contributed by atoms with Crippen LogP contribution in [0.3, 0.4) is 0 Å². The lowest BCUT2D eigenvalue weighted by Gasteiger charge is -1.99. The van der Waals surface area contributed by atoms with E-state index < -0.39 is 12.1 Å². The highest BCUT2D eigenvalue weighted by atomic mass is 19.4. The van der Waals surface area contributed by atoms with Crippen molar-refractivity contribution in [2.75, 3.05) is 5.73 Å². The molecule has 0 atom stereocenters. The molecule has 0 aliphatic heterocycles. The highest BCUT2D eigenvalue weighted by molar-refractivity contribution is 5.91. The predicted octanol–water partition coefficient (Wildman–Crippen LogP) is 2.24. The summed E-state index contributed by atoms with van der Waals surface area (Å²) in [6.07, 6.45) is -1.84. The molecule has 4 N–H and O–H groups in total. The summed E-state index contributed by atoms with van der Waals surface area (Å²) in [6.45, 7) is 0. The minimum atomic E-state index is -5.08. The second-order valence-electron chi connectivity index (χ2n) is 4.27. The molecule has 0 radical (unpaired) electrons. The number of nitrogens with zero attached hydrogens (tertiary/aromatic N) is 3. The van der Waals surface area contributed by atoms with Gasteiger partial charge in [0.05, 0.1) is 11.2 Å². The van der Waals surface area contributed by atoms with Gasteiger partial charge >= 0.3 is 12.1 Å². The van der Waals surface area contributed by atoms with Crippen molar-refractivity contribution in [3.63, 3.8) is 0 Å². The molecule has 0 saturated heterocycles. The molecule has 1 aromatic carbocycles. The van der Waals surface area contributed by atoms with Crippen LogP contribution in [0.25, 0.3) is 22.2 Å². The average Bonchev–Trinajstić information content (AvgIpc) is 2.89. The minimum Gasteiger partial charge on any atom is -0.475 e. The molecule has 120 valence electrons. The summed E-state index contributed by atoms with van der Waals surface area (Å²) in [6, 6.07) is 7.74. The Labute approximate surface area is 127 Å². The maximum Gasteiger partial charge on any atom is 0.490 e. The van der Waals surface area contributed by atoms with Gasteiger partial charge in [0, 0.05) is 17.1 Å². The van der Waals surface area contributed by atoms with Crippen LogP contribution in [-0.4, -0.2) is 37.4 Å². The Morgan fingerprint density at radius 3 is 2.52 bits per heavy atom. The van der Waals surface area contributed by atoms with Gasteiger partial charge in [-0.05, 0) is 18.2 Å². The highest BCUT2D eigenvalue weighted by Crippen LogP contribution is 2.23. The zero-order valence-electron chi connectivity index (χ0n) is 11.4. The molecule has 0 spiro atoms. The van der Waals surface area contributed by atoms with Crippen molar-refractivity contribution >= 4 is 22.7 Å². The van der Waals surface area contributed by atoms with E-state index >= 15 is 0 Å². The smallest absolute Gasteiger partial charge is 0.475 e. The van der Waals surface area contributed by atoms with E-state index in [4.69, 9.17) is 15.6 Å². The highest BCUT2D eigenvalue weighted by Gasteiger charge is 2.38. The number of H-pyrrole nitrogens is 1. The van der Waals surface area contributed by atoms with Gasteiger partial charge in [-0.2, -0.15) is 18.3 Å². The molecule has 2 heterocycles. The quantitative estimate of drug-likeness (QED) is 0.631. The van der Waals surface area contributed by atoms with Crippen LogP contribution in [0, 0.1) is 0 Å². The van der Waals surface area contributed by atoms with Crippen LogP contribution in [0.1, 0.15) is 0 Å². The molecule has 0 fully saturated rings. The molecule has 0 unspecified atom stereocenters. The lowest BCUT2D eigenvalue weighted by molar-refractivity contribution is -0.192. The van der Waals surface area contributed by atoms with E-state index in [1.807, 2.05) is 24.3 Å². The van der Waals surface area contributed by atoms with Crippen LogP contribution in [0.4, 0.5) is 19.0 Å². The number of benzene rings is 1. The number of carboxylic acids is 1. The van der Waals surface area contributed by atoms with Gasteiger partial charge in [0.2, 0.25) is 0 Å². The van der Waals surface area contributed by atoms with E-state index in [0.29, 0.717) is 5.82 Å². The van der Waals surface area contributed by atoms with Crippen LogP contribution in [0.5, 0.6) is 0 Å². The molecule has 3 rings (SSSR count). The summed E-state index contributed by atoms with van der Waals surface area (Å²) >= 11 is 0. The van der Waals surface area contributed by atoms with Crippen molar-refractivity contribution in [2.45, 2.75) is 6.18 Å². The second-order valence-corrected chi connectivity index (χ2v) is 4.27. The number of nitrogen functional groups attached to an aromatic ring is 1. The first-order valence-electron chi connectivity index (χ1n) is 6.09. The zero-order chi connectivity index (χ0) is 17.0. The third kappa shape index (κ3) is 3.93. The molecular weight excluding hydrogens is 315 g/mol. The number of anilines is 1. The number of rotatable bonds is 1. The number of carbonyl (C=O) groups is 1.